The molecule has 1 N–H and O–H groups in total. The molecule has 1 rings (SSSR count). The summed E-state index contributed by atoms with van der Waals surface area (Å²) >= 11 is 9.45. The Balaban J connectivity index is 2.50. The lowest BCUT2D eigenvalue weighted by Crippen LogP contribution is -2.07. The number of aryl methyl sites for hydroxylation is 1. The third kappa shape index (κ3) is 4.54. The highest BCUT2D eigenvalue weighted by molar-refractivity contribution is 9.10. The van der Waals surface area contributed by atoms with Gasteiger partial charge in [-0.1, -0.05) is 46.9 Å². The van der Waals surface area contributed by atoms with Crippen molar-refractivity contribution in [2.45, 2.75) is 38.7 Å². The van der Waals surface area contributed by atoms with Crippen LogP contribution in [0.5, 0.6) is 0 Å². The Kier molecular flexibility index (Phi) is 5.65. The first-order valence-corrected chi connectivity index (χ1v) is 6.42. The maximum Gasteiger partial charge on any atom is 0.0543 e. The summed E-state index contributed by atoms with van der Waals surface area (Å²) in [6.45, 7) is 2.08. The monoisotopic (exact) mass is 290 g/mol. The van der Waals surface area contributed by atoms with E-state index in [2.05, 4.69) is 22.9 Å². The molecule has 1 aromatic rings. The molecule has 0 aliphatic rings. The average Bonchev–Trinajstić information content (AvgIpc) is 2.17. The van der Waals surface area contributed by atoms with Crippen molar-refractivity contribution in [2.24, 2.45) is 0 Å². The standard InChI is InChI=1S/C12H16BrClO/c1-2-3-11(15)7-5-9-4-6-10(13)8-12(9)14/h4,6,8,11,15H,2-3,5,7H2,1H3. The van der Waals surface area contributed by atoms with Crippen molar-refractivity contribution in [3.8, 4) is 0 Å². The van der Waals surface area contributed by atoms with E-state index >= 15 is 0 Å². The van der Waals surface area contributed by atoms with Crippen molar-refractivity contribution >= 4 is 27.5 Å². The van der Waals surface area contributed by atoms with Gasteiger partial charge in [0.1, 0.15) is 0 Å². The number of benzene rings is 1. The molecule has 0 saturated heterocycles. The number of rotatable bonds is 5. The lowest BCUT2D eigenvalue weighted by Gasteiger charge is -2.10. The highest BCUT2D eigenvalue weighted by Crippen LogP contribution is 2.23. The smallest absolute Gasteiger partial charge is 0.0543 e. The predicted molar refractivity (Wildman–Crippen MR) is 68.4 cm³/mol. The number of hydrogen-bond acceptors (Lipinski definition) is 1. The third-order valence-electron chi connectivity index (χ3n) is 2.38. The second-order valence-electron chi connectivity index (χ2n) is 3.72. The van der Waals surface area contributed by atoms with Crippen LogP contribution in [-0.2, 0) is 6.42 Å². The lowest BCUT2D eigenvalue weighted by molar-refractivity contribution is 0.154. The van der Waals surface area contributed by atoms with E-state index in [1.165, 1.54) is 0 Å². The number of hydrogen-bond donors (Lipinski definition) is 1. The molecule has 0 saturated carbocycles. The molecule has 0 aliphatic carbocycles. The maximum absolute atomic E-state index is 9.60. The Bertz CT molecular complexity index is 314. The molecule has 0 aliphatic heterocycles. The highest BCUT2D eigenvalue weighted by atomic mass is 79.9. The van der Waals surface area contributed by atoms with Crippen LogP contribution in [-0.4, -0.2) is 11.2 Å². The summed E-state index contributed by atoms with van der Waals surface area (Å²) in [4.78, 5) is 0. The van der Waals surface area contributed by atoms with Crippen LogP contribution in [0.15, 0.2) is 22.7 Å². The number of halogens is 2. The largest absolute Gasteiger partial charge is 0.393 e. The van der Waals surface area contributed by atoms with Crippen LogP contribution in [0, 0.1) is 0 Å². The van der Waals surface area contributed by atoms with Gasteiger partial charge in [-0.25, -0.2) is 0 Å². The van der Waals surface area contributed by atoms with Crippen molar-refractivity contribution in [2.75, 3.05) is 0 Å². The summed E-state index contributed by atoms with van der Waals surface area (Å²) in [7, 11) is 0. The van der Waals surface area contributed by atoms with Crippen LogP contribution < -0.4 is 0 Å². The fraction of sp³-hybridized carbons (Fsp3) is 0.500. The minimum absolute atomic E-state index is 0.199. The molecule has 3 heteroatoms. The molecule has 15 heavy (non-hydrogen) atoms. The van der Waals surface area contributed by atoms with Gasteiger partial charge in [-0.2, -0.15) is 0 Å². The molecular weight excluding hydrogens is 275 g/mol. The van der Waals surface area contributed by atoms with E-state index in [9.17, 15) is 5.11 Å². The van der Waals surface area contributed by atoms with Crippen LogP contribution in [0.4, 0.5) is 0 Å². The Labute approximate surface area is 105 Å². The molecule has 84 valence electrons. The summed E-state index contributed by atoms with van der Waals surface area (Å²) in [5.41, 5.74) is 1.11. The van der Waals surface area contributed by atoms with Crippen molar-refractivity contribution in [3.63, 3.8) is 0 Å². The normalized spacial score (nSPS) is 12.8. The van der Waals surface area contributed by atoms with Gasteiger partial charge in [-0.15, -0.1) is 0 Å². The first-order chi connectivity index (χ1) is 7.13. The van der Waals surface area contributed by atoms with Crippen LogP contribution in [0.2, 0.25) is 5.02 Å². The molecule has 0 spiro atoms. The molecule has 0 amide bonds. The second kappa shape index (κ2) is 6.51. The molecule has 0 fully saturated rings. The Hall–Kier alpha value is -0.0500. The van der Waals surface area contributed by atoms with E-state index in [0.717, 1.165) is 40.7 Å². The van der Waals surface area contributed by atoms with Gasteiger partial charge in [0.25, 0.3) is 0 Å². The van der Waals surface area contributed by atoms with Crippen molar-refractivity contribution in [1.29, 1.82) is 0 Å². The quantitative estimate of drug-likeness (QED) is 0.862. The fourth-order valence-corrected chi connectivity index (χ4v) is 2.29. The first-order valence-electron chi connectivity index (χ1n) is 5.25. The molecule has 0 bridgehead atoms. The van der Waals surface area contributed by atoms with Gasteiger partial charge in [-0.05, 0) is 37.0 Å². The predicted octanol–water partition coefficient (Wildman–Crippen LogP) is 4.20. The van der Waals surface area contributed by atoms with Gasteiger partial charge in [-0.3, -0.25) is 0 Å². The van der Waals surface area contributed by atoms with E-state index in [-0.39, 0.29) is 6.10 Å². The van der Waals surface area contributed by atoms with E-state index in [1.54, 1.807) is 0 Å². The first kappa shape index (κ1) is 13.0. The van der Waals surface area contributed by atoms with Gasteiger partial charge in [0.2, 0.25) is 0 Å². The highest BCUT2D eigenvalue weighted by Gasteiger charge is 2.06. The summed E-state index contributed by atoms with van der Waals surface area (Å²) in [5.74, 6) is 0. The summed E-state index contributed by atoms with van der Waals surface area (Å²) in [6.07, 6.45) is 3.32. The average molecular weight is 292 g/mol. The van der Waals surface area contributed by atoms with E-state index in [1.807, 2.05) is 18.2 Å². The van der Waals surface area contributed by atoms with Gasteiger partial charge in [0, 0.05) is 9.50 Å². The molecule has 0 radical (unpaired) electrons. The number of aliphatic hydroxyl groups excluding tert-OH is 1. The molecule has 0 heterocycles. The van der Waals surface area contributed by atoms with E-state index in [4.69, 9.17) is 11.6 Å². The summed E-state index contributed by atoms with van der Waals surface area (Å²) in [6, 6.07) is 5.88. The fourth-order valence-electron chi connectivity index (χ4n) is 1.52. The minimum Gasteiger partial charge on any atom is -0.393 e. The Morgan fingerprint density at radius 2 is 2.13 bits per heavy atom. The minimum atomic E-state index is -0.199. The second-order valence-corrected chi connectivity index (χ2v) is 5.04. The van der Waals surface area contributed by atoms with Crippen LogP contribution in [0.25, 0.3) is 0 Å². The molecule has 1 unspecified atom stereocenters. The zero-order valence-electron chi connectivity index (χ0n) is 8.84. The van der Waals surface area contributed by atoms with Crippen LogP contribution in [0.3, 0.4) is 0 Å². The van der Waals surface area contributed by atoms with Crippen LogP contribution in [0.1, 0.15) is 31.7 Å². The van der Waals surface area contributed by atoms with Crippen molar-refractivity contribution < 1.29 is 5.11 Å². The van der Waals surface area contributed by atoms with E-state index < -0.39 is 0 Å². The van der Waals surface area contributed by atoms with Crippen molar-refractivity contribution in [1.82, 2.24) is 0 Å². The Morgan fingerprint density at radius 3 is 2.73 bits per heavy atom. The number of aliphatic hydroxyl groups is 1. The third-order valence-corrected chi connectivity index (χ3v) is 3.23. The molecular formula is C12H16BrClO. The Morgan fingerprint density at radius 1 is 1.40 bits per heavy atom. The maximum atomic E-state index is 9.60. The lowest BCUT2D eigenvalue weighted by atomic mass is 10.0. The van der Waals surface area contributed by atoms with Gasteiger partial charge in [0.05, 0.1) is 6.10 Å². The molecule has 1 atom stereocenters. The van der Waals surface area contributed by atoms with Gasteiger partial charge < -0.3 is 5.11 Å². The SMILES string of the molecule is CCCC(O)CCc1ccc(Br)cc1Cl. The summed E-state index contributed by atoms with van der Waals surface area (Å²) < 4.78 is 0.991. The molecule has 0 aromatic heterocycles. The van der Waals surface area contributed by atoms with Crippen molar-refractivity contribution in [3.05, 3.63) is 33.3 Å². The topological polar surface area (TPSA) is 20.2 Å². The van der Waals surface area contributed by atoms with E-state index in [0.29, 0.717) is 0 Å². The molecule has 1 nitrogen and oxygen atoms in total. The summed E-state index contributed by atoms with van der Waals surface area (Å²) in [5, 5.41) is 10.4. The zero-order valence-corrected chi connectivity index (χ0v) is 11.2. The zero-order chi connectivity index (χ0) is 11.3. The van der Waals surface area contributed by atoms with Gasteiger partial charge in [0.15, 0.2) is 0 Å². The van der Waals surface area contributed by atoms with Crippen LogP contribution >= 0.6 is 27.5 Å². The molecule has 1 aromatic carbocycles. The van der Waals surface area contributed by atoms with Gasteiger partial charge >= 0.3 is 0 Å².